The van der Waals surface area contributed by atoms with Gasteiger partial charge in [-0.25, -0.2) is 0 Å². The van der Waals surface area contributed by atoms with E-state index in [1.165, 1.54) is 0 Å². The quantitative estimate of drug-likeness (QED) is 0.741. The third kappa shape index (κ3) is 5.60. The number of unbranched alkanes of at least 4 members (excludes halogenated alkanes) is 1. The number of carbonyl (C=O) groups is 1. The normalized spacial score (nSPS) is 10.0. The maximum atomic E-state index is 11.9. The molecule has 0 radical (unpaired) electrons. The third-order valence-electron chi connectivity index (χ3n) is 3.43. The Morgan fingerprint density at radius 3 is 2.79 bits per heavy atom. The predicted molar refractivity (Wildman–Crippen MR) is 95.3 cm³/mol. The molecule has 0 aromatic heterocycles. The van der Waals surface area contributed by atoms with Gasteiger partial charge in [0.2, 0.25) is 5.91 Å². The fourth-order valence-electron chi connectivity index (χ4n) is 2.19. The van der Waals surface area contributed by atoms with Crippen molar-refractivity contribution < 1.29 is 9.53 Å². The Morgan fingerprint density at radius 2 is 2.08 bits per heavy atom. The number of hydrogen-bond donors (Lipinski definition) is 1. The van der Waals surface area contributed by atoms with E-state index in [0.29, 0.717) is 29.3 Å². The number of anilines is 1. The van der Waals surface area contributed by atoms with E-state index in [2.05, 4.69) is 5.32 Å². The summed E-state index contributed by atoms with van der Waals surface area (Å²) < 4.78 is 5.65. The molecule has 0 aliphatic heterocycles. The van der Waals surface area contributed by atoms with E-state index in [1.54, 1.807) is 18.2 Å². The van der Waals surface area contributed by atoms with Crippen LogP contribution in [0.3, 0.4) is 0 Å². The lowest BCUT2D eigenvalue weighted by Gasteiger charge is -2.08. The molecular weight excluding hydrogens is 324 g/mol. The van der Waals surface area contributed by atoms with Crippen molar-refractivity contribution in [3.8, 4) is 11.8 Å². The largest absolute Gasteiger partial charge is 0.494 e. The van der Waals surface area contributed by atoms with Crippen molar-refractivity contribution in [2.24, 2.45) is 0 Å². The lowest BCUT2D eigenvalue weighted by Crippen LogP contribution is -2.11. The number of nitriles is 1. The summed E-state index contributed by atoms with van der Waals surface area (Å²) >= 11 is 5.94. The summed E-state index contributed by atoms with van der Waals surface area (Å²) in [7, 11) is 0. The van der Waals surface area contributed by atoms with Gasteiger partial charge in [0.25, 0.3) is 0 Å². The second kappa shape index (κ2) is 8.95. The molecule has 0 saturated carbocycles. The van der Waals surface area contributed by atoms with E-state index < -0.39 is 0 Å². The van der Waals surface area contributed by atoms with Crippen molar-refractivity contribution in [3.05, 3.63) is 58.6 Å². The van der Waals surface area contributed by atoms with Crippen molar-refractivity contribution in [1.29, 1.82) is 5.26 Å². The monoisotopic (exact) mass is 342 g/mol. The molecule has 0 heterocycles. The summed E-state index contributed by atoms with van der Waals surface area (Å²) in [6.45, 7) is 2.60. The minimum Gasteiger partial charge on any atom is -0.494 e. The molecule has 0 saturated heterocycles. The summed E-state index contributed by atoms with van der Waals surface area (Å²) in [5, 5.41) is 11.9. The van der Waals surface area contributed by atoms with Crippen LogP contribution in [0.5, 0.6) is 5.75 Å². The first-order valence-electron chi connectivity index (χ1n) is 7.77. The lowest BCUT2D eigenvalue weighted by atomic mass is 10.2. The smallest absolute Gasteiger partial charge is 0.224 e. The molecule has 0 bridgehead atoms. The van der Waals surface area contributed by atoms with Crippen LogP contribution in [0, 0.1) is 18.3 Å². The second-order valence-electron chi connectivity index (χ2n) is 5.48. The van der Waals surface area contributed by atoms with Crippen molar-refractivity contribution >= 4 is 23.2 Å². The van der Waals surface area contributed by atoms with Crippen LogP contribution in [0.1, 0.15) is 30.4 Å². The first kappa shape index (κ1) is 17.8. The molecule has 2 rings (SSSR count). The minimum absolute atomic E-state index is 0.0775. The van der Waals surface area contributed by atoms with Gasteiger partial charge in [0, 0.05) is 12.1 Å². The molecule has 2 aromatic rings. The van der Waals surface area contributed by atoms with E-state index in [1.807, 2.05) is 37.3 Å². The van der Waals surface area contributed by atoms with Crippen LogP contribution in [-0.4, -0.2) is 12.5 Å². The first-order chi connectivity index (χ1) is 11.6. The van der Waals surface area contributed by atoms with E-state index in [4.69, 9.17) is 21.6 Å². The number of rotatable bonds is 7. The maximum absolute atomic E-state index is 11.9. The minimum atomic E-state index is -0.0775. The third-order valence-corrected chi connectivity index (χ3v) is 3.74. The van der Waals surface area contributed by atoms with Gasteiger partial charge in [0.15, 0.2) is 0 Å². The zero-order valence-electron chi connectivity index (χ0n) is 13.5. The van der Waals surface area contributed by atoms with Crippen molar-refractivity contribution in [3.63, 3.8) is 0 Å². The molecule has 24 heavy (non-hydrogen) atoms. The highest BCUT2D eigenvalue weighted by molar-refractivity contribution is 6.32. The Hall–Kier alpha value is -2.51. The number of carbonyl (C=O) groups excluding carboxylic acids is 1. The molecule has 4 nitrogen and oxygen atoms in total. The predicted octanol–water partition coefficient (Wildman–Crippen LogP) is 4.71. The Kier molecular flexibility index (Phi) is 6.65. The molecule has 5 heteroatoms. The van der Waals surface area contributed by atoms with Crippen molar-refractivity contribution in [1.82, 2.24) is 0 Å². The summed E-state index contributed by atoms with van der Waals surface area (Å²) in [6.07, 6.45) is 1.95. The average molecular weight is 343 g/mol. The van der Waals surface area contributed by atoms with Crippen LogP contribution < -0.4 is 10.1 Å². The highest BCUT2D eigenvalue weighted by Crippen LogP contribution is 2.20. The van der Waals surface area contributed by atoms with Crippen LogP contribution in [0.2, 0.25) is 5.02 Å². The molecule has 1 amide bonds. The number of nitrogens with zero attached hydrogens (tertiary/aromatic N) is 1. The van der Waals surface area contributed by atoms with Gasteiger partial charge in [-0.05, 0) is 55.7 Å². The van der Waals surface area contributed by atoms with Crippen LogP contribution in [0.4, 0.5) is 5.69 Å². The average Bonchev–Trinajstić information content (AvgIpc) is 2.55. The molecule has 124 valence electrons. The number of benzene rings is 2. The Bertz CT molecular complexity index is 753. The Labute approximate surface area is 147 Å². The van der Waals surface area contributed by atoms with Crippen molar-refractivity contribution in [2.45, 2.75) is 26.2 Å². The second-order valence-corrected chi connectivity index (χ2v) is 5.88. The van der Waals surface area contributed by atoms with Gasteiger partial charge in [0.1, 0.15) is 11.8 Å². The van der Waals surface area contributed by atoms with Gasteiger partial charge < -0.3 is 10.1 Å². The van der Waals surface area contributed by atoms with E-state index in [-0.39, 0.29) is 5.91 Å². The summed E-state index contributed by atoms with van der Waals surface area (Å²) in [5.74, 6) is 0.776. The molecule has 0 spiro atoms. The molecule has 2 aromatic carbocycles. The summed E-state index contributed by atoms with van der Waals surface area (Å²) in [4.78, 5) is 11.9. The number of hydrogen-bond acceptors (Lipinski definition) is 3. The van der Waals surface area contributed by atoms with E-state index in [0.717, 1.165) is 24.2 Å². The van der Waals surface area contributed by atoms with Crippen LogP contribution in [0.25, 0.3) is 0 Å². The number of halogens is 1. The van der Waals surface area contributed by atoms with Crippen molar-refractivity contribution in [2.75, 3.05) is 11.9 Å². The zero-order chi connectivity index (χ0) is 17.4. The lowest BCUT2D eigenvalue weighted by molar-refractivity contribution is -0.116. The van der Waals surface area contributed by atoms with Gasteiger partial charge in [-0.1, -0.05) is 23.7 Å². The van der Waals surface area contributed by atoms with Gasteiger partial charge in [0.05, 0.1) is 17.2 Å². The molecule has 0 fully saturated rings. The molecular formula is C19H19ClN2O2. The Balaban J connectivity index is 1.68. The van der Waals surface area contributed by atoms with Gasteiger partial charge in [-0.15, -0.1) is 0 Å². The highest BCUT2D eigenvalue weighted by atomic mass is 35.5. The topological polar surface area (TPSA) is 62.1 Å². The molecule has 1 N–H and O–H groups in total. The van der Waals surface area contributed by atoms with Crippen LogP contribution in [0.15, 0.2) is 42.5 Å². The van der Waals surface area contributed by atoms with E-state index >= 15 is 0 Å². The SMILES string of the molecule is Cc1cccc(OCCCCC(=O)Nc2ccc(C#N)c(Cl)c2)c1. The first-order valence-corrected chi connectivity index (χ1v) is 8.15. The standard InChI is InChI=1S/C19H19ClN2O2/c1-14-5-4-6-17(11-14)24-10-3-2-7-19(23)22-16-9-8-15(13-21)18(20)12-16/h4-6,8-9,11-12H,2-3,7,10H2,1H3,(H,22,23). The fourth-order valence-corrected chi connectivity index (χ4v) is 2.41. The molecule has 0 aliphatic carbocycles. The fraction of sp³-hybridized carbons (Fsp3) is 0.263. The summed E-state index contributed by atoms with van der Waals surface area (Å²) in [5.41, 5.74) is 2.15. The number of amides is 1. The molecule has 0 atom stereocenters. The Morgan fingerprint density at radius 1 is 1.25 bits per heavy atom. The zero-order valence-corrected chi connectivity index (χ0v) is 14.3. The molecule has 0 unspecified atom stereocenters. The molecule has 0 aliphatic rings. The van der Waals surface area contributed by atoms with Gasteiger partial charge in [-0.2, -0.15) is 5.26 Å². The summed E-state index contributed by atoms with van der Waals surface area (Å²) in [6, 6.07) is 14.7. The maximum Gasteiger partial charge on any atom is 0.224 e. The van der Waals surface area contributed by atoms with Gasteiger partial charge in [-0.3, -0.25) is 4.79 Å². The van der Waals surface area contributed by atoms with Crippen LogP contribution >= 0.6 is 11.6 Å². The highest BCUT2D eigenvalue weighted by Gasteiger charge is 2.05. The number of aryl methyl sites for hydroxylation is 1. The number of nitrogens with one attached hydrogen (secondary N) is 1. The van der Waals surface area contributed by atoms with Gasteiger partial charge >= 0.3 is 0 Å². The number of ether oxygens (including phenoxy) is 1. The van der Waals surface area contributed by atoms with E-state index in [9.17, 15) is 4.79 Å². The van der Waals surface area contributed by atoms with Crippen LogP contribution in [-0.2, 0) is 4.79 Å².